The first kappa shape index (κ1) is 17.4. The predicted molar refractivity (Wildman–Crippen MR) is 80.3 cm³/mol. The van der Waals surface area contributed by atoms with Gasteiger partial charge >= 0.3 is 0 Å². The van der Waals surface area contributed by atoms with Gasteiger partial charge in [-0.2, -0.15) is 0 Å². The summed E-state index contributed by atoms with van der Waals surface area (Å²) in [6, 6.07) is 0. The molecule has 2 fully saturated rings. The SMILES string of the molecule is C.CC1C(C)C(C)C2C(C1C)C1C=CC2C1(C)C.[V]. The molecule has 0 aromatic rings. The topological polar surface area (TPSA) is 0 Å². The molecule has 0 spiro atoms. The van der Waals surface area contributed by atoms with E-state index in [9.17, 15) is 0 Å². The van der Waals surface area contributed by atoms with Gasteiger partial charge in [0.2, 0.25) is 0 Å². The van der Waals surface area contributed by atoms with Crippen molar-refractivity contribution >= 4 is 0 Å². The number of hydrogen-bond acceptors (Lipinski definition) is 0. The summed E-state index contributed by atoms with van der Waals surface area (Å²) >= 11 is 0. The smallest absolute Gasteiger partial charge is 0 e. The van der Waals surface area contributed by atoms with Crippen LogP contribution in [0.2, 0.25) is 0 Å². The summed E-state index contributed by atoms with van der Waals surface area (Å²) in [6.45, 7) is 15.0. The van der Waals surface area contributed by atoms with Gasteiger partial charge in [0.15, 0.2) is 0 Å². The van der Waals surface area contributed by atoms with Crippen LogP contribution in [0.4, 0.5) is 0 Å². The maximum atomic E-state index is 2.55. The van der Waals surface area contributed by atoms with Crippen LogP contribution >= 0.6 is 0 Å². The summed E-state index contributed by atoms with van der Waals surface area (Å²) < 4.78 is 0. The fraction of sp³-hybridized carbons (Fsp3) is 0.889. The number of fused-ring (bicyclic) bond motifs is 5. The molecule has 0 aliphatic heterocycles. The molecule has 2 bridgehead atoms. The zero-order valence-corrected chi connectivity index (χ0v) is 14.1. The van der Waals surface area contributed by atoms with Gasteiger partial charge in [-0.1, -0.05) is 61.1 Å². The molecule has 0 aromatic heterocycles. The third-order valence-electron chi connectivity index (χ3n) is 7.22. The van der Waals surface area contributed by atoms with E-state index in [1.165, 1.54) is 0 Å². The average Bonchev–Trinajstić information content (AvgIpc) is 2.70. The van der Waals surface area contributed by atoms with Gasteiger partial charge in [0.25, 0.3) is 0 Å². The van der Waals surface area contributed by atoms with Gasteiger partial charge in [0.1, 0.15) is 0 Å². The first-order valence-corrected chi connectivity index (χ1v) is 7.55. The molecule has 2 saturated carbocycles. The summed E-state index contributed by atoms with van der Waals surface area (Å²) in [7, 11) is 0. The molecule has 3 aliphatic carbocycles. The van der Waals surface area contributed by atoms with E-state index in [0.717, 1.165) is 47.3 Å². The molecule has 0 saturated heterocycles. The van der Waals surface area contributed by atoms with Crippen molar-refractivity contribution in [3.8, 4) is 0 Å². The molecule has 0 aromatic carbocycles. The third kappa shape index (κ3) is 2.01. The van der Waals surface area contributed by atoms with E-state index in [4.69, 9.17) is 0 Å². The molecule has 0 nitrogen and oxygen atoms in total. The van der Waals surface area contributed by atoms with Gasteiger partial charge in [0, 0.05) is 18.6 Å². The monoisotopic (exact) mass is 299 g/mol. The van der Waals surface area contributed by atoms with Crippen LogP contribution in [0.15, 0.2) is 12.2 Å². The molecule has 1 heteroatoms. The molecule has 1 radical (unpaired) electrons. The van der Waals surface area contributed by atoms with Crippen molar-refractivity contribution in [3.05, 3.63) is 12.2 Å². The molecule has 3 aliphatic rings. The van der Waals surface area contributed by atoms with E-state index >= 15 is 0 Å². The fourth-order valence-corrected chi connectivity index (χ4v) is 5.70. The van der Waals surface area contributed by atoms with Crippen LogP contribution in [0.3, 0.4) is 0 Å². The predicted octanol–water partition coefficient (Wildman–Crippen LogP) is 5.25. The maximum Gasteiger partial charge on any atom is 0 e. The molecule has 8 unspecified atom stereocenters. The zero-order valence-electron chi connectivity index (χ0n) is 12.7. The molecule has 109 valence electrons. The standard InChI is InChI=1S/C17H28.CH4.V/c1-9-10(2)12(4)16-14-8-7-13(17(14,5)6)15(16)11(9)3;;/h7-16H,1-6H3;1H4;. The molecule has 19 heavy (non-hydrogen) atoms. The normalized spacial score (nSPS) is 53.2. The van der Waals surface area contributed by atoms with Crippen LogP contribution in [0.1, 0.15) is 49.0 Å². The van der Waals surface area contributed by atoms with Crippen molar-refractivity contribution in [3.63, 3.8) is 0 Å². The molecule has 3 rings (SSSR count). The maximum absolute atomic E-state index is 2.55. The Morgan fingerprint density at radius 2 is 1.00 bits per heavy atom. The molecule has 0 amide bonds. The Balaban J connectivity index is 0.000000902. The van der Waals surface area contributed by atoms with Crippen LogP contribution in [0, 0.1) is 52.8 Å². The first-order valence-electron chi connectivity index (χ1n) is 7.55. The van der Waals surface area contributed by atoms with Crippen LogP contribution < -0.4 is 0 Å². The summed E-state index contributed by atoms with van der Waals surface area (Å²) in [5.74, 6) is 7.23. The Labute approximate surface area is 132 Å². The Morgan fingerprint density at radius 1 is 0.684 bits per heavy atom. The van der Waals surface area contributed by atoms with Crippen molar-refractivity contribution in [1.29, 1.82) is 0 Å². The minimum atomic E-state index is 0. The van der Waals surface area contributed by atoms with E-state index in [2.05, 4.69) is 53.7 Å². The summed E-state index contributed by atoms with van der Waals surface area (Å²) in [4.78, 5) is 0. The molecule has 0 N–H and O–H groups in total. The van der Waals surface area contributed by atoms with Crippen LogP contribution in [-0.2, 0) is 18.6 Å². The molecule has 8 atom stereocenters. The van der Waals surface area contributed by atoms with Gasteiger partial charge < -0.3 is 0 Å². The van der Waals surface area contributed by atoms with Crippen molar-refractivity contribution in [2.24, 2.45) is 52.8 Å². The zero-order chi connectivity index (χ0) is 12.5. The largest absolute Gasteiger partial charge is 0.0843 e. The van der Waals surface area contributed by atoms with Gasteiger partial charge in [-0.3, -0.25) is 0 Å². The second kappa shape index (κ2) is 5.26. The van der Waals surface area contributed by atoms with E-state index in [1.807, 2.05) is 0 Å². The molecule has 0 heterocycles. The second-order valence-corrected chi connectivity index (χ2v) is 7.85. The minimum absolute atomic E-state index is 0. The first-order chi connectivity index (χ1) is 7.87. The van der Waals surface area contributed by atoms with Crippen molar-refractivity contribution in [2.75, 3.05) is 0 Å². The Hall–Kier alpha value is 0.324. The van der Waals surface area contributed by atoms with Crippen molar-refractivity contribution < 1.29 is 18.6 Å². The van der Waals surface area contributed by atoms with Crippen molar-refractivity contribution in [1.82, 2.24) is 0 Å². The fourth-order valence-electron chi connectivity index (χ4n) is 5.70. The van der Waals surface area contributed by atoms with Crippen LogP contribution in [0.5, 0.6) is 0 Å². The summed E-state index contributed by atoms with van der Waals surface area (Å²) in [5, 5.41) is 0. The van der Waals surface area contributed by atoms with Gasteiger partial charge in [-0.15, -0.1) is 0 Å². The number of rotatable bonds is 0. The summed E-state index contributed by atoms with van der Waals surface area (Å²) in [6.07, 6.45) is 5.11. The Morgan fingerprint density at radius 3 is 1.32 bits per heavy atom. The Bertz CT molecular complexity index is 325. The molecular weight excluding hydrogens is 267 g/mol. The van der Waals surface area contributed by atoms with E-state index < -0.39 is 0 Å². The van der Waals surface area contributed by atoms with Gasteiger partial charge in [0.05, 0.1) is 0 Å². The number of hydrogen-bond donors (Lipinski definition) is 0. The number of allylic oxidation sites excluding steroid dienone is 2. The molecular formula is C18H32V. The minimum Gasteiger partial charge on any atom is -0.0843 e. The Kier molecular flexibility index (Phi) is 4.81. The van der Waals surface area contributed by atoms with E-state index in [0.29, 0.717) is 5.41 Å². The van der Waals surface area contributed by atoms with Crippen molar-refractivity contribution in [2.45, 2.75) is 49.0 Å². The summed E-state index contributed by atoms with van der Waals surface area (Å²) in [5.41, 5.74) is 0.529. The van der Waals surface area contributed by atoms with Gasteiger partial charge in [-0.05, 0) is 52.8 Å². The second-order valence-electron chi connectivity index (χ2n) is 7.85. The van der Waals surface area contributed by atoms with Crippen LogP contribution in [-0.4, -0.2) is 0 Å². The quantitative estimate of drug-likeness (QED) is 0.536. The average molecular weight is 299 g/mol. The van der Waals surface area contributed by atoms with Crippen LogP contribution in [0.25, 0.3) is 0 Å². The van der Waals surface area contributed by atoms with E-state index in [1.54, 1.807) is 0 Å². The van der Waals surface area contributed by atoms with Gasteiger partial charge in [-0.25, -0.2) is 0 Å². The van der Waals surface area contributed by atoms with E-state index in [-0.39, 0.29) is 26.0 Å². The third-order valence-corrected chi connectivity index (χ3v) is 7.22.